The second kappa shape index (κ2) is 8.18. The van der Waals surface area contributed by atoms with E-state index in [2.05, 4.69) is 27.8 Å². The third-order valence-corrected chi connectivity index (χ3v) is 7.54. The summed E-state index contributed by atoms with van der Waals surface area (Å²) >= 11 is 5.45. The molecule has 0 spiro atoms. The fraction of sp³-hybridized carbons (Fsp3) is 0.500. The van der Waals surface area contributed by atoms with Gasteiger partial charge in [0.15, 0.2) is 0 Å². The minimum atomic E-state index is -4.89. The van der Waals surface area contributed by atoms with Crippen molar-refractivity contribution in [2.45, 2.75) is 35.9 Å². The fourth-order valence-electron chi connectivity index (χ4n) is 3.17. The Balaban J connectivity index is 2.61. The largest absolute Gasteiger partial charge is 0.488 e. The predicted molar refractivity (Wildman–Crippen MR) is 107 cm³/mol. The zero-order valence-electron chi connectivity index (χ0n) is 14.4. The van der Waals surface area contributed by atoms with Gasteiger partial charge in [-0.15, -0.1) is 0 Å². The summed E-state index contributed by atoms with van der Waals surface area (Å²) in [5, 5.41) is 2.84. The fourth-order valence-corrected chi connectivity index (χ4v) is 4.63. The first-order valence-corrected chi connectivity index (χ1v) is 10.0. The molecule has 0 radical (unpaired) electrons. The molecule has 0 bridgehead atoms. The van der Waals surface area contributed by atoms with Crippen molar-refractivity contribution < 1.29 is 22.7 Å². The zero-order valence-corrected chi connectivity index (χ0v) is 18.2. The van der Waals surface area contributed by atoms with Gasteiger partial charge in [-0.25, -0.2) is 0 Å². The van der Waals surface area contributed by atoms with Gasteiger partial charge in [0.2, 0.25) is 0 Å². The number of carbonyl (C=O) groups excluding carboxylic acids is 1. The van der Waals surface area contributed by atoms with Gasteiger partial charge in [-0.05, 0) is 58.1 Å². The van der Waals surface area contributed by atoms with Gasteiger partial charge in [-0.3, -0.25) is 4.79 Å². The molecule has 2 rings (SSSR count). The van der Waals surface area contributed by atoms with Crippen LogP contribution in [0.1, 0.15) is 25.0 Å². The molecule has 0 saturated heterocycles. The maximum absolute atomic E-state index is 13.2. The first-order chi connectivity index (χ1) is 12.0. The maximum atomic E-state index is 13.2. The molecule has 1 aliphatic heterocycles. The molecule has 1 heterocycles. The van der Waals surface area contributed by atoms with Gasteiger partial charge in [-0.2, -0.15) is 13.2 Å². The number of rotatable bonds is 5. The van der Waals surface area contributed by atoms with E-state index in [0.717, 1.165) is 11.1 Å². The lowest BCUT2D eigenvalue weighted by Crippen LogP contribution is -2.55. The van der Waals surface area contributed by atoms with Gasteiger partial charge in [0, 0.05) is 0 Å². The van der Waals surface area contributed by atoms with Gasteiger partial charge in [0.1, 0.15) is 12.4 Å². The number of nitrogens with one attached hydrogen (secondary N) is 1. The summed E-state index contributed by atoms with van der Waals surface area (Å²) < 4.78 is 44.8. The van der Waals surface area contributed by atoms with E-state index < -0.39 is 21.4 Å². The van der Waals surface area contributed by atoms with E-state index in [-0.39, 0.29) is 12.5 Å². The van der Waals surface area contributed by atoms with Crippen LogP contribution in [0.15, 0.2) is 29.3 Å². The lowest BCUT2D eigenvalue weighted by atomic mass is 9.79. The summed E-state index contributed by atoms with van der Waals surface area (Å²) in [6.07, 6.45) is -2.77. The molecule has 26 heavy (non-hydrogen) atoms. The molecule has 0 fully saturated rings. The molecule has 3 nitrogen and oxygen atoms in total. The Labute approximate surface area is 173 Å². The quantitative estimate of drug-likeness (QED) is 0.323. The predicted octanol–water partition coefficient (Wildman–Crippen LogP) is 4.95. The summed E-state index contributed by atoms with van der Waals surface area (Å²) in [6, 6.07) is 2.27. The summed E-state index contributed by atoms with van der Waals surface area (Å²) in [5.74, 6) is -1.35. The molecule has 0 saturated carbocycles. The number of hydrogen-bond donors (Lipinski definition) is 1. The van der Waals surface area contributed by atoms with Crippen LogP contribution >= 0.6 is 38.5 Å². The Morgan fingerprint density at radius 2 is 2.19 bits per heavy atom. The molecule has 8 heteroatoms. The molecular weight excluding hydrogens is 526 g/mol. The van der Waals surface area contributed by atoms with E-state index in [4.69, 9.17) is 4.74 Å². The highest BCUT2D eigenvalue weighted by molar-refractivity contribution is 14.1. The summed E-state index contributed by atoms with van der Waals surface area (Å²) in [6.45, 7) is 7.87. The van der Waals surface area contributed by atoms with Crippen LogP contribution in [0.2, 0.25) is 0 Å². The van der Waals surface area contributed by atoms with Crippen molar-refractivity contribution in [3.8, 4) is 5.75 Å². The number of alkyl halides is 4. The minimum Gasteiger partial charge on any atom is -0.488 e. The normalized spacial score (nSPS) is 23.3. The van der Waals surface area contributed by atoms with Crippen molar-refractivity contribution in [3.63, 3.8) is 0 Å². The lowest BCUT2D eigenvalue weighted by Gasteiger charge is -2.39. The Morgan fingerprint density at radius 3 is 2.73 bits per heavy atom. The molecule has 1 aromatic rings. The van der Waals surface area contributed by atoms with E-state index >= 15 is 0 Å². The third-order valence-electron chi connectivity index (χ3n) is 4.47. The maximum Gasteiger partial charge on any atom is 0.451 e. The van der Waals surface area contributed by atoms with E-state index in [9.17, 15) is 18.0 Å². The Bertz CT molecular complexity index is 708. The van der Waals surface area contributed by atoms with Crippen molar-refractivity contribution in [1.82, 2.24) is 5.32 Å². The second-order valence-electron chi connectivity index (χ2n) is 6.46. The standard InChI is InChI=1S/C18H20BrF3INO2/c1-4-7-26-14-8-11-5-6-24-15(16(25)18(20,21)22)17(23,10(2)3)12(11)9-13(14)19/h4,8-10,15,24H,1,5-7H2,2-3H3. The number of benzene rings is 1. The first kappa shape index (κ1) is 21.7. The van der Waals surface area contributed by atoms with Crippen LogP contribution in [0, 0.1) is 5.92 Å². The average molecular weight is 546 g/mol. The molecule has 2 unspecified atom stereocenters. The molecule has 0 aliphatic carbocycles. The van der Waals surface area contributed by atoms with E-state index in [1.807, 2.05) is 42.5 Å². The first-order valence-electron chi connectivity index (χ1n) is 8.13. The lowest BCUT2D eigenvalue weighted by molar-refractivity contribution is -0.174. The molecule has 1 aliphatic rings. The van der Waals surface area contributed by atoms with Crippen molar-refractivity contribution in [3.05, 3.63) is 40.4 Å². The summed E-state index contributed by atoms with van der Waals surface area (Å²) in [4.78, 5) is 12.2. The van der Waals surface area contributed by atoms with Crippen molar-refractivity contribution in [1.29, 1.82) is 0 Å². The molecule has 1 aromatic carbocycles. The van der Waals surface area contributed by atoms with Gasteiger partial charge in [0.25, 0.3) is 5.78 Å². The molecular formula is C18H20BrF3INO2. The van der Waals surface area contributed by atoms with Gasteiger partial charge < -0.3 is 10.1 Å². The number of carbonyl (C=O) groups is 1. The van der Waals surface area contributed by atoms with Crippen molar-refractivity contribution in [2.75, 3.05) is 13.2 Å². The van der Waals surface area contributed by atoms with Crippen LogP contribution in [0.5, 0.6) is 5.75 Å². The van der Waals surface area contributed by atoms with Crippen LogP contribution in [0.4, 0.5) is 13.2 Å². The molecule has 2 atom stereocenters. The van der Waals surface area contributed by atoms with E-state index in [1.165, 1.54) is 0 Å². The number of fused-ring (bicyclic) bond motifs is 1. The zero-order chi connectivity index (χ0) is 19.7. The average Bonchev–Trinajstić information content (AvgIpc) is 2.69. The van der Waals surface area contributed by atoms with Crippen molar-refractivity contribution in [2.24, 2.45) is 5.92 Å². The smallest absolute Gasteiger partial charge is 0.451 e. The SMILES string of the molecule is C=CCOc1cc2c(cc1Br)C(I)(C(C)C)C(C(=O)C(F)(F)F)NCC2. The number of ketones is 1. The highest BCUT2D eigenvalue weighted by atomic mass is 127. The second-order valence-corrected chi connectivity index (χ2v) is 9.10. The summed E-state index contributed by atoms with van der Waals surface area (Å²) in [5.41, 5.74) is 1.60. The molecule has 0 aromatic heterocycles. The Morgan fingerprint density at radius 1 is 1.54 bits per heavy atom. The van der Waals surface area contributed by atoms with Crippen LogP contribution in [-0.4, -0.2) is 31.2 Å². The third kappa shape index (κ3) is 4.11. The number of Topliss-reactive ketones (excluding diaryl/α,β-unsaturated/α-hetero) is 1. The van der Waals surface area contributed by atoms with Gasteiger partial charge in [-0.1, -0.05) is 49.1 Å². The van der Waals surface area contributed by atoms with E-state index in [1.54, 1.807) is 12.1 Å². The van der Waals surface area contributed by atoms with Crippen LogP contribution < -0.4 is 10.1 Å². The number of ether oxygens (including phenoxy) is 1. The molecule has 1 N–H and O–H groups in total. The Hall–Kier alpha value is -0.610. The topological polar surface area (TPSA) is 38.3 Å². The Kier molecular flexibility index (Phi) is 6.82. The highest BCUT2D eigenvalue weighted by Gasteiger charge is 2.54. The highest BCUT2D eigenvalue weighted by Crippen LogP contribution is 2.49. The van der Waals surface area contributed by atoms with Gasteiger partial charge in [0.05, 0.1) is 13.9 Å². The monoisotopic (exact) mass is 545 g/mol. The molecule has 144 valence electrons. The summed E-state index contributed by atoms with van der Waals surface area (Å²) in [7, 11) is 0. The van der Waals surface area contributed by atoms with Gasteiger partial charge >= 0.3 is 6.18 Å². The van der Waals surface area contributed by atoms with Crippen LogP contribution in [0.3, 0.4) is 0 Å². The van der Waals surface area contributed by atoms with E-state index in [0.29, 0.717) is 23.2 Å². The minimum absolute atomic E-state index is 0.212. The van der Waals surface area contributed by atoms with Crippen LogP contribution in [0.25, 0.3) is 0 Å². The van der Waals surface area contributed by atoms with Crippen molar-refractivity contribution >= 4 is 44.3 Å². The molecule has 0 amide bonds. The number of hydrogen-bond acceptors (Lipinski definition) is 3. The van der Waals surface area contributed by atoms with Crippen LogP contribution in [-0.2, 0) is 14.6 Å². The number of halogens is 5.